The van der Waals surface area contributed by atoms with Crippen LogP contribution >= 0.6 is 11.3 Å². The Hall–Kier alpha value is -1.37. The second-order valence-corrected chi connectivity index (χ2v) is 5.80. The lowest BCUT2D eigenvalue weighted by Crippen LogP contribution is -2.30. The second-order valence-electron chi connectivity index (χ2n) is 4.51. The van der Waals surface area contributed by atoms with E-state index in [1.807, 2.05) is 13.0 Å². The molecule has 1 rings (SSSR count). The molecular formula is C13H16F3NO2S. The number of hydrogen-bond acceptors (Lipinski definition) is 3. The number of Topliss-reactive ketones (excluding diaryl/α,β-unsaturated/α-hetero) is 1. The van der Waals surface area contributed by atoms with Crippen molar-refractivity contribution in [1.82, 2.24) is 4.90 Å². The van der Waals surface area contributed by atoms with E-state index in [0.717, 1.165) is 9.78 Å². The second kappa shape index (κ2) is 6.88. The van der Waals surface area contributed by atoms with Gasteiger partial charge in [-0.1, -0.05) is 0 Å². The topological polar surface area (TPSA) is 37.4 Å². The fourth-order valence-electron chi connectivity index (χ4n) is 1.54. The monoisotopic (exact) mass is 307 g/mol. The Morgan fingerprint density at radius 2 is 1.90 bits per heavy atom. The Morgan fingerprint density at radius 3 is 2.40 bits per heavy atom. The van der Waals surface area contributed by atoms with Gasteiger partial charge >= 0.3 is 6.18 Å². The Balaban J connectivity index is 2.37. The van der Waals surface area contributed by atoms with E-state index in [2.05, 4.69) is 0 Å². The highest BCUT2D eigenvalue weighted by Gasteiger charge is 2.28. The third-order valence-electron chi connectivity index (χ3n) is 2.74. The highest BCUT2D eigenvalue weighted by atomic mass is 32.1. The lowest BCUT2D eigenvalue weighted by molar-refractivity contribution is -0.144. The van der Waals surface area contributed by atoms with Crippen molar-refractivity contribution in [3.8, 4) is 0 Å². The molecule has 0 N–H and O–H groups in total. The van der Waals surface area contributed by atoms with Crippen molar-refractivity contribution in [1.29, 1.82) is 0 Å². The van der Waals surface area contributed by atoms with Gasteiger partial charge in [-0.25, -0.2) is 0 Å². The van der Waals surface area contributed by atoms with Crippen molar-refractivity contribution < 1.29 is 22.8 Å². The highest BCUT2D eigenvalue weighted by Crippen LogP contribution is 2.20. The standard InChI is InChI=1S/C13H16F3NO2S/c1-9-3-5-11(20-9)10(18)4-6-12(19)17(2)8-7-13(14,15)16/h3,5H,4,6-8H2,1-2H3. The van der Waals surface area contributed by atoms with Crippen LogP contribution in [0.5, 0.6) is 0 Å². The van der Waals surface area contributed by atoms with Gasteiger partial charge in [0.2, 0.25) is 5.91 Å². The molecule has 112 valence electrons. The first-order valence-corrected chi connectivity index (χ1v) is 6.91. The number of carbonyl (C=O) groups excluding carboxylic acids is 2. The molecule has 0 spiro atoms. The number of thiophene rings is 1. The molecule has 1 aromatic heterocycles. The van der Waals surface area contributed by atoms with E-state index in [0.29, 0.717) is 4.88 Å². The highest BCUT2D eigenvalue weighted by molar-refractivity contribution is 7.14. The lowest BCUT2D eigenvalue weighted by atomic mass is 10.2. The summed E-state index contributed by atoms with van der Waals surface area (Å²) in [7, 11) is 1.31. The molecule has 0 saturated heterocycles. The minimum absolute atomic E-state index is 0.0230. The van der Waals surface area contributed by atoms with Crippen molar-refractivity contribution in [3.05, 3.63) is 21.9 Å². The Morgan fingerprint density at radius 1 is 1.25 bits per heavy atom. The van der Waals surface area contributed by atoms with E-state index in [1.54, 1.807) is 6.07 Å². The van der Waals surface area contributed by atoms with Gasteiger partial charge in [0.1, 0.15) is 0 Å². The molecule has 0 aromatic carbocycles. The zero-order chi connectivity index (χ0) is 15.3. The van der Waals surface area contributed by atoms with Crippen LogP contribution in [0.25, 0.3) is 0 Å². The van der Waals surface area contributed by atoms with E-state index in [9.17, 15) is 22.8 Å². The summed E-state index contributed by atoms with van der Waals surface area (Å²) < 4.78 is 36.1. The van der Waals surface area contributed by atoms with E-state index >= 15 is 0 Å². The van der Waals surface area contributed by atoms with Crippen molar-refractivity contribution >= 4 is 23.0 Å². The number of ketones is 1. The van der Waals surface area contributed by atoms with E-state index in [4.69, 9.17) is 0 Å². The maximum Gasteiger partial charge on any atom is 0.390 e. The first-order chi connectivity index (χ1) is 9.19. The van der Waals surface area contributed by atoms with Crippen LogP contribution in [0.3, 0.4) is 0 Å². The molecule has 1 aromatic rings. The normalized spacial score (nSPS) is 11.4. The van der Waals surface area contributed by atoms with Gasteiger partial charge in [-0.05, 0) is 19.1 Å². The Bertz CT molecular complexity index is 482. The fraction of sp³-hybridized carbons (Fsp3) is 0.538. The van der Waals surface area contributed by atoms with Gasteiger partial charge in [0.05, 0.1) is 11.3 Å². The van der Waals surface area contributed by atoms with Crippen LogP contribution in [0, 0.1) is 6.92 Å². The molecule has 0 unspecified atom stereocenters. The average molecular weight is 307 g/mol. The number of halogens is 3. The van der Waals surface area contributed by atoms with E-state index < -0.39 is 18.5 Å². The minimum atomic E-state index is -4.28. The summed E-state index contributed by atoms with van der Waals surface area (Å²) in [6.45, 7) is 1.49. The van der Waals surface area contributed by atoms with E-state index in [1.165, 1.54) is 18.4 Å². The first-order valence-electron chi connectivity index (χ1n) is 6.09. The molecule has 0 saturated carbocycles. The summed E-state index contributed by atoms with van der Waals surface area (Å²) in [5.74, 6) is -0.600. The molecule has 0 atom stereocenters. The largest absolute Gasteiger partial charge is 0.390 e. The molecular weight excluding hydrogens is 291 g/mol. The van der Waals surface area contributed by atoms with Gasteiger partial charge in [0.15, 0.2) is 5.78 Å². The van der Waals surface area contributed by atoms with Crippen molar-refractivity contribution in [2.45, 2.75) is 32.4 Å². The Kier molecular flexibility index (Phi) is 5.74. The molecule has 0 aliphatic rings. The van der Waals surface area contributed by atoms with Gasteiger partial charge in [-0.2, -0.15) is 13.2 Å². The minimum Gasteiger partial charge on any atom is -0.345 e. The van der Waals surface area contributed by atoms with E-state index in [-0.39, 0.29) is 25.2 Å². The van der Waals surface area contributed by atoms with Gasteiger partial charge < -0.3 is 4.90 Å². The summed E-state index contributed by atoms with van der Waals surface area (Å²) in [5.41, 5.74) is 0. The van der Waals surface area contributed by atoms with Gasteiger partial charge in [0, 0.05) is 31.3 Å². The summed E-state index contributed by atoms with van der Waals surface area (Å²) in [6.07, 6.45) is -5.36. The maximum absolute atomic E-state index is 12.0. The number of alkyl halides is 3. The molecule has 1 amide bonds. The fourth-order valence-corrected chi connectivity index (χ4v) is 2.37. The van der Waals surface area contributed by atoms with Crippen molar-refractivity contribution in [3.63, 3.8) is 0 Å². The van der Waals surface area contributed by atoms with Crippen LogP contribution in [-0.4, -0.2) is 36.4 Å². The summed E-state index contributed by atoms with van der Waals surface area (Å²) in [5, 5.41) is 0. The summed E-state index contributed by atoms with van der Waals surface area (Å²) in [6, 6.07) is 3.51. The molecule has 3 nitrogen and oxygen atoms in total. The number of carbonyl (C=O) groups is 2. The third-order valence-corrected chi connectivity index (χ3v) is 3.78. The van der Waals surface area contributed by atoms with Gasteiger partial charge in [-0.3, -0.25) is 9.59 Å². The molecule has 0 aliphatic carbocycles. The molecule has 20 heavy (non-hydrogen) atoms. The number of nitrogens with zero attached hydrogens (tertiary/aromatic N) is 1. The lowest BCUT2D eigenvalue weighted by Gasteiger charge is -2.17. The van der Waals surface area contributed by atoms with Crippen LogP contribution < -0.4 is 0 Å². The van der Waals surface area contributed by atoms with Gasteiger partial charge in [-0.15, -0.1) is 11.3 Å². The number of rotatable bonds is 6. The van der Waals surface area contributed by atoms with Crippen LogP contribution in [0.15, 0.2) is 12.1 Å². The maximum atomic E-state index is 12.0. The van der Waals surface area contributed by atoms with Crippen molar-refractivity contribution in [2.75, 3.05) is 13.6 Å². The smallest absolute Gasteiger partial charge is 0.345 e. The number of amides is 1. The van der Waals surface area contributed by atoms with Crippen LogP contribution in [-0.2, 0) is 4.79 Å². The number of aryl methyl sites for hydroxylation is 1. The van der Waals surface area contributed by atoms with Crippen LogP contribution in [0.2, 0.25) is 0 Å². The predicted molar refractivity (Wildman–Crippen MR) is 70.9 cm³/mol. The molecule has 0 radical (unpaired) electrons. The number of hydrogen-bond donors (Lipinski definition) is 0. The predicted octanol–water partition coefficient (Wildman–Crippen LogP) is 3.43. The summed E-state index contributed by atoms with van der Waals surface area (Å²) in [4.78, 5) is 26.0. The SMILES string of the molecule is Cc1ccc(C(=O)CCC(=O)N(C)CCC(F)(F)F)s1. The third kappa shape index (κ3) is 5.73. The zero-order valence-corrected chi connectivity index (χ0v) is 12.1. The quantitative estimate of drug-likeness (QED) is 0.755. The van der Waals surface area contributed by atoms with Crippen LogP contribution in [0.4, 0.5) is 13.2 Å². The van der Waals surface area contributed by atoms with Crippen molar-refractivity contribution in [2.24, 2.45) is 0 Å². The molecule has 0 fully saturated rings. The summed E-state index contributed by atoms with van der Waals surface area (Å²) >= 11 is 1.35. The molecule has 0 bridgehead atoms. The molecule has 1 heterocycles. The molecule has 7 heteroatoms. The Labute approximate surface area is 119 Å². The molecule has 0 aliphatic heterocycles. The average Bonchev–Trinajstić information content (AvgIpc) is 2.78. The zero-order valence-electron chi connectivity index (χ0n) is 11.3. The van der Waals surface area contributed by atoms with Gasteiger partial charge in [0.25, 0.3) is 0 Å². The first kappa shape index (κ1) is 16.7. The van der Waals surface area contributed by atoms with Crippen LogP contribution in [0.1, 0.15) is 33.8 Å².